The number of hydrogen-bond donors (Lipinski definition) is 1. The fourth-order valence-corrected chi connectivity index (χ4v) is 2.87. The molecule has 142 valence electrons. The van der Waals surface area contributed by atoms with E-state index in [9.17, 15) is 14.4 Å². The quantitative estimate of drug-likeness (QED) is 0.714. The number of rotatable bonds is 8. The molecule has 2 amide bonds. The van der Waals surface area contributed by atoms with Crippen LogP contribution in [0.1, 0.15) is 43.5 Å². The van der Waals surface area contributed by atoms with E-state index < -0.39 is 5.97 Å². The maximum Gasteiger partial charge on any atom is 0.340 e. The van der Waals surface area contributed by atoms with Gasteiger partial charge >= 0.3 is 5.97 Å². The molecular formula is C19H26N2O5. The van der Waals surface area contributed by atoms with E-state index in [0.717, 1.165) is 19.4 Å². The second kappa shape index (κ2) is 9.91. The van der Waals surface area contributed by atoms with Gasteiger partial charge in [0.15, 0.2) is 0 Å². The SMILES string of the molecule is CCOC(=O)c1ccccc1N(CCC(=O)NCC1CCCO1)C(C)=O. The molecule has 1 N–H and O–H groups in total. The van der Waals surface area contributed by atoms with Crippen molar-refractivity contribution in [2.24, 2.45) is 0 Å². The maximum atomic E-state index is 12.1. The summed E-state index contributed by atoms with van der Waals surface area (Å²) < 4.78 is 10.5. The molecule has 1 atom stereocenters. The number of nitrogens with zero attached hydrogens (tertiary/aromatic N) is 1. The number of carbonyl (C=O) groups is 3. The zero-order chi connectivity index (χ0) is 18.9. The molecule has 2 rings (SSSR count). The molecule has 1 unspecified atom stereocenters. The molecular weight excluding hydrogens is 336 g/mol. The molecule has 1 saturated heterocycles. The van der Waals surface area contributed by atoms with Crippen LogP contribution in [0.25, 0.3) is 0 Å². The number of hydrogen-bond acceptors (Lipinski definition) is 5. The third-order valence-corrected chi connectivity index (χ3v) is 4.18. The van der Waals surface area contributed by atoms with E-state index >= 15 is 0 Å². The highest BCUT2D eigenvalue weighted by molar-refractivity contribution is 6.02. The number of para-hydroxylation sites is 1. The van der Waals surface area contributed by atoms with Crippen LogP contribution in [-0.2, 0) is 19.1 Å². The van der Waals surface area contributed by atoms with Gasteiger partial charge in [-0.2, -0.15) is 0 Å². The lowest BCUT2D eigenvalue weighted by Gasteiger charge is -2.23. The molecule has 1 aromatic rings. The first-order valence-electron chi connectivity index (χ1n) is 8.95. The molecule has 0 bridgehead atoms. The standard InChI is InChI=1S/C19H26N2O5/c1-3-25-19(24)16-8-4-5-9-17(16)21(14(2)22)11-10-18(23)20-13-15-7-6-12-26-15/h4-5,8-9,15H,3,6-7,10-13H2,1-2H3,(H,20,23). The lowest BCUT2D eigenvalue weighted by molar-refractivity contribution is -0.121. The zero-order valence-electron chi connectivity index (χ0n) is 15.3. The van der Waals surface area contributed by atoms with Crippen molar-refractivity contribution in [1.29, 1.82) is 0 Å². The van der Waals surface area contributed by atoms with Gasteiger partial charge < -0.3 is 19.7 Å². The number of amides is 2. The van der Waals surface area contributed by atoms with Gasteiger partial charge in [0.1, 0.15) is 0 Å². The van der Waals surface area contributed by atoms with Crippen molar-refractivity contribution in [3.63, 3.8) is 0 Å². The van der Waals surface area contributed by atoms with Crippen molar-refractivity contribution >= 4 is 23.5 Å². The zero-order valence-corrected chi connectivity index (χ0v) is 15.3. The largest absolute Gasteiger partial charge is 0.462 e. The van der Waals surface area contributed by atoms with Gasteiger partial charge in [0, 0.05) is 33.0 Å². The first-order valence-corrected chi connectivity index (χ1v) is 8.95. The van der Waals surface area contributed by atoms with Gasteiger partial charge in [-0.1, -0.05) is 12.1 Å². The molecule has 0 aliphatic carbocycles. The third kappa shape index (κ3) is 5.56. The van der Waals surface area contributed by atoms with Gasteiger partial charge in [-0.15, -0.1) is 0 Å². The molecule has 0 radical (unpaired) electrons. The highest BCUT2D eigenvalue weighted by Crippen LogP contribution is 2.22. The summed E-state index contributed by atoms with van der Waals surface area (Å²) in [6, 6.07) is 6.74. The summed E-state index contributed by atoms with van der Waals surface area (Å²) in [5.74, 6) is -0.883. The van der Waals surface area contributed by atoms with Crippen molar-refractivity contribution in [3.8, 4) is 0 Å². The normalized spacial score (nSPS) is 16.2. The van der Waals surface area contributed by atoms with Crippen LogP contribution in [0.2, 0.25) is 0 Å². The summed E-state index contributed by atoms with van der Waals surface area (Å²) in [4.78, 5) is 37.7. The molecule has 1 fully saturated rings. The summed E-state index contributed by atoms with van der Waals surface area (Å²) in [6.07, 6.45) is 2.19. The van der Waals surface area contributed by atoms with Crippen molar-refractivity contribution in [2.75, 3.05) is 31.2 Å². The number of anilines is 1. The van der Waals surface area contributed by atoms with E-state index in [1.54, 1.807) is 31.2 Å². The van der Waals surface area contributed by atoms with Crippen LogP contribution in [0.5, 0.6) is 0 Å². The van der Waals surface area contributed by atoms with Crippen molar-refractivity contribution in [1.82, 2.24) is 5.32 Å². The number of ether oxygens (including phenoxy) is 2. The predicted octanol–water partition coefficient (Wildman–Crippen LogP) is 1.90. The van der Waals surface area contributed by atoms with E-state index in [-0.39, 0.29) is 37.5 Å². The van der Waals surface area contributed by atoms with E-state index in [1.807, 2.05) is 0 Å². The highest BCUT2D eigenvalue weighted by atomic mass is 16.5. The first-order chi connectivity index (χ1) is 12.5. The summed E-state index contributed by atoms with van der Waals surface area (Å²) in [5, 5.41) is 2.83. The molecule has 0 spiro atoms. The first kappa shape index (κ1) is 19.9. The maximum absolute atomic E-state index is 12.1. The van der Waals surface area contributed by atoms with Crippen LogP contribution in [0.3, 0.4) is 0 Å². The van der Waals surface area contributed by atoms with Gasteiger partial charge in [-0.3, -0.25) is 9.59 Å². The second-order valence-corrected chi connectivity index (χ2v) is 6.10. The van der Waals surface area contributed by atoms with Crippen molar-refractivity contribution in [3.05, 3.63) is 29.8 Å². The van der Waals surface area contributed by atoms with Crippen LogP contribution >= 0.6 is 0 Å². The molecule has 1 aliphatic rings. The minimum absolute atomic E-state index is 0.0763. The van der Waals surface area contributed by atoms with Crippen LogP contribution in [-0.4, -0.2) is 50.2 Å². The van der Waals surface area contributed by atoms with E-state index in [1.165, 1.54) is 11.8 Å². The Kier molecular flexibility index (Phi) is 7.59. The Bertz CT molecular complexity index is 641. The van der Waals surface area contributed by atoms with Gasteiger partial charge in [0.25, 0.3) is 0 Å². The number of nitrogens with one attached hydrogen (secondary N) is 1. The lowest BCUT2D eigenvalue weighted by Crippen LogP contribution is -2.37. The molecule has 1 aromatic carbocycles. The lowest BCUT2D eigenvalue weighted by atomic mass is 10.1. The van der Waals surface area contributed by atoms with Gasteiger partial charge in [0.05, 0.1) is 24.0 Å². The summed E-state index contributed by atoms with van der Waals surface area (Å²) in [7, 11) is 0. The van der Waals surface area contributed by atoms with Crippen molar-refractivity contribution < 1.29 is 23.9 Å². The Morgan fingerprint density at radius 3 is 2.73 bits per heavy atom. The van der Waals surface area contributed by atoms with Gasteiger partial charge in [0.2, 0.25) is 11.8 Å². The average molecular weight is 362 g/mol. The Balaban J connectivity index is 1.99. The summed E-state index contributed by atoms with van der Waals surface area (Å²) >= 11 is 0. The number of carbonyl (C=O) groups excluding carboxylic acids is 3. The summed E-state index contributed by atoms with van der Waals surface area (Å²) in [5.41, 5.74) is 0.759. The molecule has 1 heterocycles. The van der Waals surface area contributed by atoms with Crippen LogP contribution in [0.4, 0.5) is 5.69 Å². The van der Waals surface area contributed by atoms with Crippen LogP contribution in [0.15, 0.2) is 24.3 Å². The fourth-order valence-electron chi connectivity index (χ4n) is 2.87. The molecule has 26 heavy (non-hydrogen) atoms. The van der Waals surface area contributed by atoms with Crippen molar-refractivity contribution in [2.45, 2.75) is 39.2 Å². The highest BCUT2D eigenvalue weighted by Gasteiger charge is 2.21. The third-order valence-electron chi connectivity index (χ3n) is 4.18. The number of esters is 1. The Morgan fingerprint density at radius 1 is 1.31 bits per heavy atom. The molecule has 0 saturated carbocycles. The topological polar surface area (TPSA) is 84.9 Å². The van der Waals surface area contributed by atoms with Gasteiger partial charge in [-0.25, -0.2) is 4.79 Å². The monoisotopic (exact) mass is 362 g/mol. The molecule has 7 heteroatoms. The minimum atomic E-state index is -0.489. The summed E-state index contributed by atoms with van der Waals surface area (Å²) in [6.45, 7) is 4.79. The number of benzene rings is 1. The van der Waals surface area contributed by atoms with Gasteiger partial charge in [-0.05, 0) is 31.9 Å². The Hall–Kier alpha value is -2.41. The molecule has 7 nitrogen and oxygen atoms in total. The predicted molar refractivity (Wildman–Crippen MR) is 97.0 cm³/mol. The Morgan fingerprint density at radius 2 is 2.08 bits per heavy atom. The van der Waals surface area contributed by atoms with E-state index in [4.69, 9.17) is 9.47 Å². The fraction of sp³-hybridized carbons (Fsp3) is 0.526. The minimum Gasteiger partial charge on any atom is -0.462 e. The average Bonchev–Trinajstić information content (AvgIpc) is 3.14. The van der Waals surface area contributed by atoms with Crippen LogP contribution in [0, 0.1) is 0 Å². The van der Waals surface area contributed by atoms with E-state index in [0.29, 0.717) is 17.8 Å². The second-order valence-electron chi connectivity index (χ2n) is 6.10. The van der Waals surface area contributed by atoms with Crippen LogP contribution < -0.4 is 10.2 Å². The Labute approximate surface area is 153 Å². The van der Waals surface area contributed by atoms with E-state index in [2.05, 4.69) is 5.32 Å². The smallest absolute Gasteiger partial charge is 0.340 e. The molecule has 0 aromatic heterocycles. The molecule has 1 aliphatic heterocycles.